The summed E-state index contributed by atoms with van der Waals surface area (Å²) in [5, 5.41) is 12.6. The summed E-state index contributed by atoms with van der Waals surface area (Å²) in [6.07, 6.45) is 3.49. The number of anilines is 1. The summed E-state index contributed by atoms with van der Waals surface area (Å²) in [6.45, 7) is -0.0387. The van der Waals surface area contributed by atoms with Gasteiger partial charge in [-0.05, 0) is 23.2 Å². The monoisotopic (exact) mass is 271 g/mol. The summed E-state index contributed by atoms with van der Waals surface area (Å²) in [4.78, 5) is 14.4. The van der Waals surface area contributed by atoms with Gasteiger partial charge in [-0.15, -0.1) is 0 Å². The fraction of sp³-hybridized carbons (Fsp3) is 0.167. The number of benzene rings is 1. The molecule has 1 amide bonds. The van der Waals surface area contributed by atoms with Crippen molar-refractivity contribution in [3.63, 3.8) is 0 Å². The van der Waals surface area contributed by atoms with Gasteiger partial charge in [-0.3, -0.25) is 9.89 Å². The van der Waals surface area contributed by atoms with Crippen LogP contribution in [0.25, 0.3) is 21.6 Å². The smallest absolute Gasteiger partial charge is 0.234 e. The highest BCUT2D eigenvalue weighted by Gasteiger charge is 2.14. The molecule has 1 aromatic carbocycles. The molecule has 1 heterocycles. The number of nitrogens with one attached hydrogen (secondary N) is 2. The van der Waals surface area contributed by atoms with E-state index in [9.17, 15) is 4.79 Å². The number of carbonyl (C=O) groups is 1. The zero-order valence-corrected chi connectivity index (χ0v) is 10.5. The van der Waals surface area contributed by atoms with Crippen molar-refractivity contribution < 1.29 is 4.79 Å². The van der Waals surface area contributed by atoms with E-state index in [1.807, 2.05) is 12.1 Å². The number of rotatable bonds is 5. The fourth-order valence-electron chi connectivity index (χ4n) is 1.65. The van der Waals surface area contributed by atoms with Gasteiger partial charge in [0.1, 0.15) is 6.04 Å². The van der Waals surface area contributed by atoms with Gasteiger partial charge in [-0.25, -0.2) is 0 Å². The number of aromatic nitrogens is 2. The Morgan fingerprint density at radius 2 is 2.20 bits per heavy atom. The highest BCUT2D eigenvalue weighted by Crippen LogP contribution is 2.20. The number of hydrogen-bond donors (Lipinski definition) is 3. The van der Waals surface area contributed by atoms with Crippen LogP contribution in [0.1, 0.15) is 0 Å². The lowest BCUT2D eigenvalue weighted by Gasteiger charge is -2.10. The van der Waals surface area contributed by atoms with Crippen LogP contribution in [0.5, 0.6) is 0 Å². The van der Waals surface area contributed by atoms with Gasteiger partial charge in [0.25, 0.3) is 0 Å². The molecule has 0 aliphatic heterocycles. The van der Waals surface area contributed by atoms with E-state index in [2.05, 4.69) is 25.5 Å². The van der Waals surface area contributed by atoms with Gasteiger partial charge in [0.05, 0.1) is 6.20 Å². The Bertz CT molecular complexity index is 614. The molecule has 2 rings (SSSR count). The Morgan fingerprint density at radius 1 is 1.45 bits per heavy atom. The van der Waals surface area contributed by atoms with Gasteiger partial charge in [0.2, 0.25) is 5.91 Å². The first-order valence-electron chi connectivity index (χ1n) is 5.89. The first kappa shape index (κ1) is 13.6. The molecule has 0 aliphatic rings. The SMILES string of the molecule is [N-]=[N+]=NC(CN)C(=O)Nc1ccc(-c2cn[nH]c2)cc1. The van der Waals surface area contributed by atoms with E-state index in [4.69, 9.17) is 11.3 Å². The summed E-state index contributed by atoms with van der Waals surface area (Å²) < 4.78 is 0. The maximum absolute atomic E-state index is 11.8. The highest BCUT2D eigenvalue weighted by molar-refractivity contribution is 5.95. The lowest BCUT2D eigenvalue weighted by molar-refractivity contribution is -0.117. The summed E-state index contributed by atoms with van der Waals surface area (Å²) in [7, 11) is 0. The van der Waals surface area contributed by atoms with Crippen molar-refractivity contribution in [2.75, 3.05) is 11.9 Å². The molecule has 1 atom stereocenters. The maximum atomic E-state index is 11.8. The van der Waals surface area contributed by atoms with Crippen molar-refractivity contribution in [1.29, 1.82) is 0 Å². The van der Waals surface area contributed by atoms with E-state index >= 15 is 0 Å². The molecule has 0 spiro atoms. The van der Waals surface area contributed by atoms with Crippen molar-refractivity contribution >= 4 is 11.6 Å². The molecule has 0 radical (unpaired) electrons. The fourth-order valence-corrected chi connectivity index (χ4v) is 1.65. The number of nitrogens with two attached hydrogens (primary N) is 1. The molecular weight excluding hydrogens is 258 g/mol. The van der Waals surface area contributed by atoms with Crippen LogP contribution in [0.2, 0.25) is 0 Å². The van der Waals surface area contributed by atoms with Crippen LogP contribution in [0.15, 0.2) is 41.8 Å². The number of azide groups is 1. The second-order valence-electron chi connectivity index (χ2n) is 4.01. The molecule has 8 nitrogen and oxygen atoms in total. The predicted molar refractivity (Wildman–Crippen MR) is 74.6 cm³/mol. The molecule has 1 aromatic heterocycles. The van der Waals surface area contributed by atoms with Crippen LogP contribution in [-0.2, 0) is 4.79 Å². The van der Waals surface area contributed by atoms with Crippen LogP contribution >= 0.6 is 0 Å². The summed E-state index contributed by atoms with van der Waals surface area (Å²) in [5.74, 6) is -0.429. The summed E-state index contributed by atoms with van der Waals surface area (Å²) in [6, 6.07) is 6.30. The Kier molecular flexibility index (Phi) is 4.33. The van der Waals surface area contributed by atoms with Crippen LogP contribution < -0.4 is 11.1 Å². The average molecular weight is 271 g/mol. The molecular formula is C12H13N7O. The minimum Gasteiger partial charge on any atom is -0.330 e. The van der Waals surface area contributed by atoms with E-state index in [1.165, 1.54) is 0 Å². The molecule has 0 fully saturated rings. The number of H-pyrrole nitrogens is 1. The Balaban J connectivity index is 2.07. The van der Waals surface area contributed by atoms with Gasteiger partial charge in [0.15, 0.2) is 0 Å². The van der Waals surface area contributed by atoms with E-state index in [1.54, 1.807) is 24.5 Å². The summed E-state index contributed by atoms with van der Waals surface area (Å²) in [5.41, 5.74) is 16.2. The quantitative estimate of drug-likeness (QED) is 0.433. The van der Waals surface area contributed by atoms with Crippen molar-refractivity contribution in [2.24, 2.45) is 10.8 Å². The highest BCUT2D eigenvalue weighted by atomic mass is 16.2. The van der Waals surface area contributed by atoms with Gasteiger partial charge >= 0.3 is 0 Å². The van der Waals surface area contributed by atoms with Crippen LogP contribution in [-0.4, -0.2) is 28.7 Å². The standard InChI is InChI=1S/C12H13N7O/c13-5-11(18-19-14)12(20)17-10-3-1-8(2-4-10)9-6-15-16-7-9/h1-4,6-7,11H,5,13H2,(H,15,16)(H,17,20). The van der Waals surface area contributed by atoms with E-state index in [0.717, 1.165) is 11.1 Å². The van der Waals surface area contributed by atoms with Gasteiger partial charge in [-0.2, -0.15) is 5.10 Å². The molecule has 0 aliphatic carbocycles. The minimum absolute atomic E-state index is 0.0387. The third-order valence-electron chi connectivity index (χ3n) is 2.70. The maximum Gasteiger partial charge on any atom is 0.234 e. The molecule has 20 heavy (non-hydrogen) atoms. The van der Waals surface area contributed by atoms with Crippen molar-refractivity contribution in [3.8, 4) is 11.1 Å². The number of aromatic amines is 1. The lowest BCUT2D eigenvalue weighted by Crippen LogP contribution is -2.32. The Hall–Kier alpha value is -2.83. The third-order valence-corrected chi connectivity index (χ3v) is 2.70. The molecule has 8 heteroatoms. The van der Waals surface area contributed by atoms with Gasteiger partial charge in [-0.1, -0.05) is 17.2 Å². The normalized spacial score (nSPS) is 11.4. The molecule has 1 unspecified atom stereocenters. The number of hydrogen-bond acceptors (Lipinski definition) is 4. The lowest BCUT2D eigenvalue weighted by atomic mass is 10.1. The average Bonchev–Trinajstić information content (AvgIpc) is 2.99. The van der Waals surface area contributed by atoms with Crippen molar-refractivity contribution in [2.45, 2.75) is 6.04 Å². The van der Waals surface area contributed by atoms with Gasteiger partial charge < -0.3 is 11.1 Å². The molecule has 102 valence electrons. The van der Waals surface area contributed by atoms with Crippen molar-refractivity contribution in [1.82, 2.24) is 10.2 Å². The molecule has 2 aromatic rings. The summed E-state index contributed by atoms with van der Waals surface area (Å²) >= 11 is 0. The number of carbonyl (C=O) groups excluding carboxylic acids is 1. The van der Waals surface area contributed by atoms with Crippen LogP contribution in [0.4, 0.5) is 5.69 Å². The van der Waals surface area contributed by atoms with Crippen molar-refractivity contribution in [3.05, 3.63) is 47.1 Å². The third kappa shape index (κ3) is 3.14. The topological polar surface area (TPSA) is 133 Å². The Morgan fingerprint density at radius 3 is 2.75 bits per heavy atom. The largest absolute Gasteiger partial charge is 0.330 e. The zero-order chi connectivity index (χ0) is 14.4. The van der Waals surface area contributed by atoms with Crippen LogP contribution in [0.3, 0.4) is 0 Å². The van der Waals surface area contributed by atoms with Crippen LogP contribution in [0, 0.1) is 0 Å². The predicted octanol–water partition coefficient (Wildman–Crippen LogP) is 1.65. The molecule has 4 N–H and O–H groups in total. The first-order valence-corrected chi connectivity index (χ1v) is 5.89. The minimum atomic E-state index is -0.909. The van der Waals surface area contributed by atoms with Gasteiger partial charge in [0, 0.05) is 28.9 Å². The second kappa shape index (κ2) is 6.37. The van der Waals surface area contributed by atoms with E-state index in [-0.39, 0.29) is 6.54 Å². The number of amides is 1. The second-order valence-corrected chi connectivity index (χ2v) is 4.01. The molecule has 0 bridgehead atoms. The van der Waals surface area contributed by atoms with E-state index < -0.39 is 11.9 Å². The Labute approximate surface area is 114 Å². The van der Waals surface area contributed by atoms with E-state index in [0.29, 0.717) is 5.69 Å². The molecule has 0 saturated heterocycles. The number of nitrogens with zero attached hydrogens (tertiary/aromatic N) is 4. The zero-order valence-electron chi connectivity index (χ0n) is 10.5. The molecule has 0 saturated carbocycles. The first-order chi connectivity index (χ1) is 9.74.